The first kappa shape index (κ1) is 24.1. The number of carbonyl (C=O) groups is 3. The van der Waals surface area contributed by atoms with Gasteiger partial charge in [0, 0.05) is 11.8 Å². The molecular weight excluding hydrogens is 440 g/mol. The van der Waals surface area contributed by atoms with Crippen molar-refractivity contribution < 1.29 is 24.2 Å². The van der Waals surface area contributed by atoms with Crippen molar-refractivity contribution in [3.8, 4) is 0 Å². The molecule has 3 aliphatic rings. The van der Waals surface area contributed by atoms with Gasteiger partial charge in [-0.3, -0.25) is 14.4 Å². The number of ether oxygens (including phenoxy) is 1. The molecule has 4 rings (SSSR count). The van der Waals surface area contributed by atoms with E-state index >= 15 is 0 Å². The van der Waals surface area contributed by atoms with Gasteiger partial charge in [0.1, 0.15) is 6.04 Å². The summed E-state index contributed by atoms with van der Waals surface area (Å²) in [7, 11) is 0. The Morgan fingerprint density at radius 2 is 2.00 bits per heavy atom. The summed E-state index contributed by atoms with van der Waals surface area (Å²) in [5, 5.41) is 13.2. The Hall–Kier alpha value is -2.06. The molecule has 3 saturated heterocycles. The number of nitrogens with one attached hydrogen (secondary N) is 1. The number of hydrogen-bond acceptors (Lipinski definition) is 6. The number of likely N-dealkylation sites (tertiary alicyclic amines) is 1. The highest BCUT2D eigenvalue weighted by Crippen LogP contribution is 2.69. The SMILES string of the molecule is CCOC(=O)[C@@H]1[C@@H]2CC(C)C3(S2)C(C(=O)NCc2ccccc2)N([C@@H](CO)C(C)C)C(=O)[C@H]13. The number of benzene rings is 1. The minimum Gasteiger partial charge on any atom is -0.466 e. The van der Waals surface area contributed by atoms with Crippen molar-refractivity contribution in [2.45, 2.75) is 62.7 Å². The van der Waals surface area contributed by atoms with Crippen LogP contribution in [0.15, 0.2) is 30.3 Å². The van der Waals surface area contributed by atoms with Crippen LogP contribution in [-0.4, -0.2) is 63.1 Å². The molecule has 0 aliphatic carbocycles. The summed E-state index contributed by atoms with van der Waals surface area (Å²) in [6.45, 7) is 8.10. The number of fused-ring (bicyclic) bond motifs is 1. The van der Waals surface area contributed by atoms with Crippen LogP contribution in [0.3, 0.4) is 0 Å². The summed E-state index contributed by atoms with van der Waals surface area (Å²) in [5.41, 5.74) is 0.971. The summed E-state index contributed by atoms with van der Waals surface area (Å²) in [5.74, 6) is -1.92. The molecule has 1 aromatic rings. The van der Waals surface area contributed by atoms with Gasteiger partial charge < -0.3 is 20.1 Å². The molecule has 7 atom stereocenters. The second-order valence-electron chi connectivity index (χ2n) is 9.75. The molecule has 3 heterocycles. The van der Waals surface area contributed by atoms with Crippen LogP contribution >= 0.6 is 11.8 Å². The third kappa shape index (κ3) is 3.75. The van der Waals surface area contributed by atoms with Crippen LogP contribution in [0.2, 0.25) is 0 Å². The van der Waals surface area contributed by atoms with E-state index in [0.29, 0.717) is 6.54 Å². The molecule has 1 spiro atoms. The lowest BCUT2D eigenvalue weighted by Gasteiger charge is -2.40. The molecule has 7 nitrogen and oxygen atoms in total. The Kier molecular flexibility index (Phi) is 6.78. The van der Waals surface area contributed by atoms with Gasteiger partial charge in [-0.05, 0) is 30.7 Å². The smallest absolute Gasteiger partial charge is 0.310 e. The van der Waals surface area contributed by atoms with Crippen molar-refractivity contribution in [2.24, 2.45) is 23.7 Å². The number of aliphatic hydroxyl groups excluding tert-OH is 1. The molecule has 1 aromatic carbocycles. The lowest BCUT2D eigenvalue weighted by Crippen LogP contribution is -2.59. The third-order valence-electron chi connectivity index (χ3n) is 7.61. The van der Waals surface area contributed by atoms with Crippen LogP contribution in [0.1, 0.15) is 39.7 Å². The number of carbonyl (C=O) groups excluding carboxylic acids is 3. The normalized spacial score (nSPS) is 33.3. The molecule has 0 aromatic heterocycles. The predicted molar refractivity (Wildman–Crippen MR) is 126 cm³/mol. The first-order valence-electron chi connectivity index (χ1n) is 11.9. The third-order valence-corrected chi connectivity index (χ3v) is 9.69. The molecule has 0 radical (unpaired) electrons. The summed E-state index contributed by atoms with van der Waals surface area (Å²) >= 11 is 1.62. The fraction of sp³-hybridized carbons (Fsp3) is 0.640. The van der Waals surface area contributed by atoms with E-state index in [4.69, 9.17) is 4.74 Å². The second-order valence-corrected chi connectivity index (χ2v) is 11.3. The lowest BCUT2D eigenvalue weighted by atomic mass is 9.66. The summed E-state index contributed by atoms with van der Waals surface area (Å²) in [4.78, 5) is 42.3. The summed E-state index contributed by atoms with van der Waals surface area (Å²) in [6, 6.07) is 8.40. The van der Waals surface area contributed by atoms with Gasteiger partial charge in [-0.2, -0.15) is 0 Å². The quantitative estimate of drug-likeness (QED) is 0.561. The van der Waals surface area contributed by atoms with E-state index in [1.807, 2.05) is 44.2 Å². The second kappa shape index (κ2) is 9.29. The number of aliphatic hydroxyl groups is 1. The molecule has 3 aliphatic heterocycles. The van der Waals surface area contributed by atoms with E-state index in [0.717, 1.165) is 12.0 Å². The zero-order valence-corrected chi connectivity index (χ0v) is 20.5. The van der Waals surface area contributed by atoms with Crippen LogP contribution in [0.4, 0.5) is 0 Å². The molecule has 2 N–H and O–H groups in total. The Morgan fingerprint density at radius 1 is 1.30 bits per heavy atom. The van der Waals surface area contributed by atoms with Gasteiger partial charge in [0.15, 0.2) is 0 Å². The number of nitrogens with zero attached hydrogens (tertiary/aromatic N) is 1. The molecule has 33 heavy (non-hydrogen) atoms. The topological polar surface area (TPSA) is 95.9 Å². The van der Waals surface area contributed by atoms with E-state index in [9.17, 15) is 19.5 Å². The summed E-state index contributed by atoms with van der Waals surface area (Å²) in [6.07, 6.45) is 0.764. The monoisotopic (exact) mass is 474 g/mol. The molecule has 3 fully saturated rings. The molecule has 0 saturated carbocycles. The molecular formula is C25H34N2O5S. The molecule has 8 heteroatoms. The fourth-order valence-corrected chi connectivity index (χ4v) is 8.52. The number of rotatable bonds is 8. The Bertz CT molecular complexity index is 909. The van der Waals surface area contributed by atoms with Gasteiger partial charge >= 0.3 is 5.97 Å². The lowest BCUT2D eigenvalue weighted by molar-refractivity contribution is -0.154. The van der Waals surface area contributed by atoms with Crippen LogP contribution in [0.5, 0.6) is 0 Å². The van der Waals surface area contributed by atoms with Gasteiger partial charge in [-0.25, -0.2) is 0 Å². The van der Waals surface area contributed by atoms with Gasteiger partial charge in [-0.15, -0.1) is 11.8 Å². The number of amides is 2. The zero-order valence-electron chi connectivity index (χ0n) is 19.7. The van der Waals surface area contributed by atoms with Crippen LogP contribution < -0.4 is 5.32 Å². The van der Waals surface area contributed by atoms with E-state index in [1.54, 1.807) is 23.6 Å². The average Bonchev–Trinajstić information content (AvgIpc) is 3.38. The van der Waals surface area contributed by atoms with Crippen LogP contribution in [0, 0.1) is 23.7 Å². The van der Waals surface area contributed by atoms with Crippen molar-refractivity contribution in [2.75, 3.05) is 13.2 Å². The maximum atomic E-state index is 13.9. The van der Waals surface area contributed by atoms with Gasteiger partial charge in [-0.1, -0.05) is 51.1 Å². The van der Waals surface area contributed by atoms with E-state index < -0.39 is 28.7 Å². The molecule has 2 amide bonds. The van der Waals surface area contributed by atoms with E-state index in [2.05, 4.69) is 12.2 Å². The maximum Gasteiger partial charge on any atom is 0.310 e. The highest BCUT2D eigenvalue weighted by Gasteiger charge is 2.76. The van der Waals surface area contributed by atoms with Crippen molar-refractivity contribution >= 4 is 29.5 Å². The highest BCUT2D eigenvalue weighted by molar-refractivity contribution is 8.02. The number of hydrogen-bond donors (Lipinski definition) is 2. The maximum absolute atomic E-state index is 13.9. The standard InChI is InChI=1S/C25H34N2O5S/c1-5-32-24(31)19-18-11-15(4)25(33-18)20(19)23(30)27(17(13-28)14(2)3)21(25)22(29)26-12-16-9-7-6-8-10-16/h6-10,14-15,17-21,28H,5,11-13H2,1-4H3,(H,26,29)/t15?,17-,18-,19+,20-,21?,25?/m0/s1. The van der Waals surface area contributed by atoms with Gasteiger partial charge in [0.2, 0.25) is 11.8 Å². The number of thioether (sulfide) groups is 1. The van der Waals surface area contributed by atoms with Crippen molar-refractivity contribution in [1.29, 1.82) is 0 Å². The van der Waals surface area contributed by atoms with E-state index in [1.165, 1.54) is 0 Å². The van der Waals surface area contributed by atoms with E-state index in [-0.39, 0.29) is 48.1 Å². The summed E-state index contributed by atoms with van der Waals surface area (Å²) < 4.78 is 4.66. The molecule has 2 bridgehead atoms. The Balaban J connectivity index is 1.73. The Labute approximate surface area is 199 Å². The van der Waals surface area contributed by atoms with Crippen molar-refractivity contribution in [1.82, 2.24) is 10.2 Å². The van der Waals surface area contributed by atoms with Crippen LogP contribution in [-0.2, 0) is 25.7 Å². The van der Waals surface area contributed by atoms with Crippen molar-refractivity contribution in [3.63, 3.8) is 0 Å². The first-order chi connectivity index (χ1) is 15.8. The largest absolute Gasteiger partial charge is 0.466 e. The highest BCUT2D eigenvalue weighted by atomic mass is 32.2. The molecule has 180 valence electrons. The van der Waals surface area contributed by atoms with Crippen molar-refractivity contribution in [3.05, 3.63) is 35.9 Å². The van der Waals surface area contributed by atoms with Gasteiger partial charge in [0.25, 0.3) is 0 Å². The Morgan fingerprint density at radius 3 is 2.61 bits per heavy atom. The minimum atomic E-state index is -0.748. The first-order valence-corrected chi connectivity index (χ1v) is 12.7. The minimum absolute atomic E-state index is 0.0359. The van der Waals surface area contributed by atoms with Crippen LogP contribution in [0.25, 0.3) is 0 Å². The van der Waals surface area contributed by atoms with Gasteiger partial charge in [0.05, 0.1) is 35.8 Å². The number of esters is 1. The average molecular weight is 475 g/mol. The predicted octanol–water partition coefficient (Wildman–Crippen LogP) is 2.22. The zero-order chi connectivity index (χ0) is 23.9. The molecule has 3 unspecified atom stereocenters. The fourth-order valence-electron chi connectivity index (χ4n) is 6.12.